The zero-order chi connectivity index (χ0) is 16.5. The Bertz CT molecular complexity index is 265. The van der Waals surface area contributed by atoms with Crippen molar-refractivity contribution in [2.24, 2.45) is 0 Å². The molecule has 21 heavy (non-hydrogen) atoms. The summed E-state index contributed by atoms with van der Waals surface area (Å²) in [5, 5.41) is 9.78. The van der Waals surface area contributed by atoms with Crippen LogP contribution in [0.3, 0.4) is 0 Å². The van der Waals surface area contributed by atoms with Crippen molar-refractivity contribution in [3.8, 4) is 0 Å². The molecular weight excluding hydrogens is 297 g/mol. The summed E-state index contributed by atoms with van der Waals surface area (Å²) in [5.74, 6) is -0.0281. The average molecular weight is 325 g/mol. The molecule has 0 radical (unpaired) electrons. The largest absolute Gasteiger partial charge is 0.400 e. The molecule has 1 amide bonds. The Balaban J connectivity index is 0. The van der Waals surface area contributed by atoms with Crippen LogP contribution in [0, 0.1) is 0 Å². The van der Waals surface area contributed by atoms with Gasteiger partial charge in [0.2, 0.25) is 5.91 Å². The number of aliphatic hydroxyl groups is 1. The summed E-state index contributed by atoms with van der Waals surface area (Å²) in [6.45, 7) is 2.61. The van der Waals surface area contributed by atoms with Gasteiger partial charge in [0.05, 0.1) is 6.61 Å². The number of nitrogens with one attached hydrogen (secondary N) is 1. The Morgan fingerprint density at radius 1 is 1.10 bits per heavy atom. The Hall–Kier alpha value is -0.590. The van der Waals surface area contributed by atoms with Gasteiger partial charge >= 0.3 is 8.60 Å². The minimum Gasteiger partial charge on any atom is -0.400 e. The van der Waals surface area contributed by atoms with E-state index in [2.05, 4.69) is 9.84 Å². The normalized spacial score (nSPS) is 11.3. The third-order valence-corrected chi connectivity index (χ3v) is 3.17. The quantitative estimate of drug-likeness (QED) is 0.371. The van der Waals surface area contributed by atoms with Crippen molar-refractivity contribution in [2.75, 3.05) is 27.4 Å². The van der Waals surface area contributed by atoms with Gasteiger partial charge in [0.1, 0.15) is 5.78 Å². The van der Waals surface area contributed by atoms with E-state index in [1.165, 1.54) is 14.0 Å². The predicted molar refractivity (Wildman–Crippen MR) is 81.6 cm³/mol. The molecule has 0 aliphatic heterocycles. The second-order valence-electron chi connectivity index (χ2n) is 4.22. The van der Waals surface area contributed by atoms with Crippen LogP contribution in [0.1, 0.15) is 45.4 Å². The van der Waals surface area contributed by atoms with Crippen molar-refractivity contribution in [1.29, 1.82) is 0 Å². The van der Waals surface area contributed by atoms with Gasteiger partial charge in [-0.3, -0.25) is 4.79 Å². The van der Waals surface area contributed by atoms with Crippen LogP contribution in [0.15, 0.2) is 0 Å². The van der Waals surface area contributed by atoms with Gasteiger partial charge in [0.15, 0.2) is 0 Å². The number of ketones is 1. The van der Waals surface area contributed by atoms with Gasteiger partial charge in [-0.1, -0.05) is 12.8 Å². The first-order valence-electron chi connectivity index (χ1n) is 6.93. The van der Waals surface area contributed by atoms with Gasteiger partial charge in [-0.05, 0) is 19.8 Å². The maximum Gasteiger partial charge on any atom is 0.329 e. The highest BCUT2D eigenvalue weighted by Gasteiger charge is 2.03. The number of amides is 1. The van der Waals surface area contributed by atoms with E-state index in [9.17, 15) is 9.59 Å². The third kappa shape index (κ3) is 19.4. The molecule has 0 rings (SSSR count). The van der Waals surface area contributed by atoms with E-state index in [4.69, 9.17) is 14.5 Å². The zero-order valence-electron chi connectivity index (χ0n) is 13.1. The fraction of sp³-hybridized carbons (Fsp3) is 0.846. The van der Waals surface area contributed by atoms with Crippen LogP contribution < -0.4 is 5.32 Å². The molecule has 1 atom stereocenters. The second kappa shape index (κ2) is 17.5. The summed E-state index contributed by atoms with van der Waals surface area (Å²) >= 11 is 0. The molecule has 0 fully saturated rings. The van der Waals surface area contributed by atoms with Gasteiger partial charge in [0, 0.05) is 33.6 Å². The summed E-state index contributed by atoms with van der Waals surface area (Å²) in [4.78, 5) is 30.9. The molecule has 7 nitrogen and oxygen atoms in total. The number of carbonyl (C=O) groups excluding carboxylic acids is 2. The predicted octanol–water partition coefficient (Wildman–Crippen LogP) is 1.52. The molecule has 126 valence electrons. The number of hydrogen-bond acceptors (Lipinski definition) is 6. The lowest BCUT2D eigenvalue weighted by atomic mass is 10.2. The molecule has 0 saturated heterocycles. The van der Waals surface area contributed by atoms with Gasteiger partial charge in [-0.25, -0.2) is 0 Å². The summed E-state index contributed by atoms with van der Waals surface area (Å²) in [6.07, 6.45) is 4.33. The van der Waals surface area contributed by atoms with E-state index in [-0.39, 0.29) is 18.1 Å². The van der Waals surface area contributed by atoms with Crippen molar-refractivity contribution in [3.63, 3.8) is 0 Å². The summed E-state index contributed by atoms with van der Waals surface area (Å²) in [5.41, 5.74) is 0. The number of Topliss-reactive ketones (excluding diaryl/α,β-unsaturated/α-hetero) is 1. The highest BCUT2D eigenvalue weighted by Crippen LogP contribution is 2.31. The number of rotatable bonds is 12. The SMILES string of the molecule is CO.COP(O)OCCCCCCNC(=O)CCC(C)=O. The van der Waals surface area contributed by atoms with Crippen LogP contribution in [-0.2, 0) is 18.6 Å². The molecule has 3 N–H and O–H groups in total. The molecular formula is C13H28NO6P. The molecule has 0 spiro atoms. The Kier molecular flexibility index (Phi) is 18.9. The summed E-state index contributed by atoms with van der Waals surface area (Å²) < 4.78 is 9.57. The van der Waals surface area contributed by atoms with Crippen LogP contribution >= 0.6 is 8.60 Å². The van der Waals surface area contributed by atoms with Crippen LogP contribution in [-0.4, -0.2) is 49.1 Å². The molecule has 0 bridgehead atoms. The molecule has 0 saturated carbocycles. The highest BCUT2D eigenvalue weighted by atomic mass is 31.2. The first-order valence-corrected chi connectivity index (χ1v) is 8.06. The zero-order valence-corrected chi connectivity index (χ0v) is 14.0. The molecule has 0 heterocycles. The number of aliphatic hydroxyl groups excluding tert-OH is 1. The lowest BCUT2D eigenvalue weighted by molar-refractivity contribution is -0.124. The number of hydrogen-bond donors (Lipinski definition) is 3. The first-order chi connectivity index (χ1) is 10.1. The smallest absolute Gasteiger partial charge is 0.329 e. The van der Waals surface area contributed by atoms with Crippen molar-refractivity contribution in [2.45, 2.75) is 45.4 Å². The van der Waals surface area contributed by atoms with Crippen LogP contribution in [0.5, 0.6) is 0 Å². The third-order valence-electron chi connectivity index (χ3n) is 2.46. The van der Waals surface area contributed by atoms with E-state index in [1.54, 1.807) is 0 Å². The Labute approximate surface area is 128 Å². The molecule has 0 aromatic rings. The molecule has 0 aromatic heterocycles. The number of unbranched alkanes of at least 4 members (excludes halogenated alkanes) is 3. The fourth-order valence-electron chi connectivity index (χ4n) is 1.38. The van der Waals surface area contributed by atoms with E-state index in [0.29, 0.717) is 19.6 Å². The molecule has 8 heteroatoms. The van der Waals surface area contributed by atoms with Gasteiger partial charge in [0.25, 0.3) is 0 Å². The van der Waals surface area contributed by atoms with E-state index in [0.717, 1.165) is 32.8 Å². The van der Waals surface area contributed by atoms with Gasteiger partial charge < -0.3 is 29.2 Å². The summed E-state index contributed by atoms with van der Waals surface area (Å²) in [6, 6.07) is 0. The van der Waals surface area contributed by atoms with Crippen LogP contribution in [0.25, 0.3) is 0 Å². The van der Waals surface area contributed by atoms with Crippen LogP contribution in [0.4, 0.5) is 0 Å². The van der Waals surface area contributed by atoms with Crippen LogP contribution in [0.2, 0.25) is 0 Å². The highest BCUT2D eigenvalue weighted by molar-refractivity contribution is 7.40. The minimum absolute atomic E-state index is 0.0371. The molecule has 0 aliphatic carbocycles. The van der Waals surface area contributed by atoms with Crippen molar-refractivity contribution in [1.82, 2.24) is 5.32 Å². The topological polar surface area (TPSA) is 105 Å². The molecule has 0 aliphatic rings. The van der Waals surface area contributed by atoms with E-state index in [1.807, 2.05) is 0 Å². The fourth-order valence-corrected chi connectivity index (χ4v) is 1.77. The standard InChI is InChI=1S/C12H24NO5P.CH4O/c1-11(14)7-8-12(15)13-9-5-3-4-6-10-18-19(16)17-2;1-2/h16H,3-10H2,1-2H3,(H,13,15);2H,1H3. The first kappa shape index (κ1) is 22.7. The maximum atomic E-state index is 11.3. The van der Waals surface area contributed by atoms with Crippen molar-refractivity contribution < 1.29 is 28.6 Å². The average Bonchev–Trinajstić information content (AvgIpc) is 2.49. The number of carbonyl (C=O) groups is 2. The maximum absolute atomic E-state index is 11.3. The van der Waals surface area contributed by atoms with Gasteiger partial charge in [-0.2, -0.15) is 0 Å². The Morgan fingerprint density at radius 2 is 1.71 bits per heavy atom. The molecule has 0 aromatic carbocycles. The van der Waals surface area contributed by atoms with E-state index < -0.39 is 8.60 Å². The summed E-state index contributed by atoms with van der Waals surface area (Å²) in [7, 11) is 0.694. The monoisotopic (exact) mass is 325 g/mol. The lowest BCUT2D eigenvalue weighted by Crippen LogP contribution is -2.24. The second-order valence-corrected chi connectivity index (χ2v) is 5.32. The van der Waals surface area contributed by atoms with Crippen molar-refractivity contribution >= 4 is 20.3 Å². The Morgan fingerprint density at radius 3 is 2.29 bits per heavy atom. The van der Waals surface area contributed by atoms with E-state index >= 15 is 0 Å². The minimum atomic E-state index is -1.71. The lowest BCUT2D eigenvalue weighted by Gasteiger charge is -2.07. The van der Waals surface area contributed by atoms with Crippen molar-refractivity contribution in [3.05, 3.63) is 0 Å². The van der Waals surface area contributed by atoms with Gasteiger partial charge in [-0.15, -0.1) is 0 Å². The molecule has 1 unspecified atom stereocenters.